The maximum Gasteiger partial charge on any atom is 0.196 e. The summed E-state index contributed by atoms with van der Waals surface area (Å²) in [5.41, 5.74) is 3.94. The third-order valence-electron chi connectivity index (χ3n) is 5.54. The second-order valence-corrected chi connectivity index (χ2v) is 9.82. The number of nitrogens with zero attached hydrogens (tertiary/aromatic N) is 5. The predicted molar refractivity (Wildman–Crippen MR) is 131 cm³/mol. The molecular formula is C23H21BrFN5O2S. The van der Waals surface area contributed by atoms with E-state index in [0.717, 1.165) is 29.5 Å². The lowest BCUT2D eigenvalue weighted by Gasteiger charge is -2.22. The molecule has 0 saturated carbocycles. The van der Waals surface area contributed by atoms with Gasteiger partial charge < -0.3 is 9.64 Å². The number of aromatic nitrogens is 3. The molecule has 7 nitrogen and oxygen atoms in total. The number of fused-ring (bicyclic) bond motifs is 2. The fourth-order valence-corrected chi connectivity index (χ4v) is 5.43. The molecule has 5 rings (SSSR count). The quantitative estimate of drug-likeness (QED) is 0.188. The number of hydrogen-bond acceptors (Lipinski definition) is 6. The summed E-state index contributed by atoms with van der Waals surface area (Å²) in [7, 11) is 3.72. The SMILES string of the molecule is CN(C)C=Nc1c(C(=O)c2ccc(F)c3nn(C4CCCCO4)cc23)cc(Br)c2ncsc12. The molecule has 1 fully saturated rings. The van der Waals surface area contributed by atoms with Crippen LogP contribution in [0, 0.1) is 5.82 Å². The van der Waals surface area contributed by atoms with Crippen LogP contribution in [0.1, 0.15) is 41.4 Å². The number of carbonyl (C=O) groups is 1. The second-order valence-electron chi connectivity index (χ2n) is 8.11. The molecule has 0 radical (unpaired) electrons. The Balaban J connectivity index is 1.67. The first-order valence-electron chi connectivity index (χ1n) is 10.5. The Morgan fingerprint density at radius 1 is 1.33 bits per heavy atom. The van der Waals surface area contributed by atoms with Gasteiger partial charge in [0.05, 0.1) is 33.3 Å². The van der Waals surface area contributed by atoms with Gasteiger partial charge in [0.1, 0.15) is 11.7 Å². The molecule has 33 heavy (non-hydrogen) atoms. The number of carbonyl (C=O) groups excluding carboxylic acids is 1. The van der Waals surface area contributed by atoms with Crippen molar-refractivity contribution < 1.29 is 13.9 Å². The number of hydrogen-bond donors (Lipinski definition) is 0. The molecule has 1 unspecified atom stereocenters. The summed E-state index contributed by atoms with van der Waals surface area (Å²) in [4.78, 5) is 24.6. The normalized spacial score (nSPS) is 16.8. The summed E-state index contributed by atoms with van der Waals surface area (Å²) >= 11 is 4.95. The zero-order valence-electron chi connectivity index (χ0n) is 18.1. The maximum absolute atomic E-state index is 14.7. The number of rotatable bonds is 5. The zero-order chi connectivity index (χ0) is 23.1. The summed E-state index contributed by atoms with van der Waals surface area (Å²) in [6, 6.07) is 4.53. The van der Waals surface area contributed by atoms with Crippen molar-refractivity contribution in [3.05, 3.63) is 51.3 Å². The zero-order valence-corrected chi connectivity index (χ0v) is 20.5. The van der Waals surface area contributed by atoms with Crippen LogP contribution < -0.4 is 0 Å². The van der Waals surface area contributed by atoms with Gasteiger partial charge in [-0.2, -0.15) is 5.10 Å². The molecule has 0 amide bonds. The van der Waals surface area contributed by atoms with E-state index in [1.54, 1.807) is 33.7 Å². The number of ether oxygens (including phenoxy) is 1. The van der Waals surface area contributed by atoms with Crippen LogP contribution in [0.2, 0.25) is 0 Å². The Bertz CT molecular complexity index is 1390. The number of aliphatic imine (C=N–C) groups is 1. The lowest BCUT2D eigenvalue weighted by Crippen LogP contribution is -2.18. The Hall–Kier alpha value is -2.69. The average Bonchev–Trinajstić information content (AvgIpc) is 3.47. The molecule has 1 saturated heterocycles. The highest BCUT2D eigenvalue weighted by atomic mass is 79.9. The molecule has 3 heterocycles. The number of thiazole rings is 1. The molecular weight excluding hydrogens is 509 g/mol. The van der Waals surface area contributed by atoms with E-state index >= 15 is 0 Å². The highest BCUT2D eigenvalue weighted by Crippen LogP contribution is 2.39. The first-order valence-corrected chi connectivity index (χ1v) is 12.2. The summed E-state index contributed by atoms with van der Waals surface area (Å²) in [6.45, 7) is 0.644. The van der Waals surface area contributed by atoms with Gasteiger partial charge in [-0.25, -0.2) is 19.0 Å². The summed E-state index contributed by atoms with van der Waals surface area (Å²) in [5, 5.41) is 4.88. The first kappa shape index (κ1) is 22.1. The van der Waals surface area contributed by atoms with Gasteiger partial charge in [0.15, 0.2) is 11.6 Å². The second kappa shape index (κ2) is 8.92. The molecule has 0 aliphatic carbocycles. The van der Waals surface area contributed by atoms with Gasteiger partial charge in [-0.05, 0) is 53.4 Å². The van der Waals surface area contributed by atoms with Gasteiger partial charge in [-0.1, -0.05) is 0 Å². The molecule has 4 aromatic rings. The molecule has 0 N–H and O–H groups in total. The van der Waals surface area contributed by atoms with Crippen LogP contribution in [0.3, 0.4) is 0 Å². The Morgan fingerprint density at radius 2 is 2.18 bits per heavy atom. The van der Waals surface area contributed by atoms with Crippen molar-refractivity contribution in [1.82, 2.24) is 19.7 Å². The monoisotopic (exact) mass is 529 g/mol. The van der Waals surface area contributed by atoms with Crippen molar-refractivity contribution in [2.24, 2.45) is 4.99 Å². The van der Waals surface area contributed by atoms with E-state index in [4.69, 9.17) is 4.74 Å². The van der Waals surface area contributed by atoms with Crippen LogP contribution in [0.15, 0.2) is 39.4 Å². The summed E-state index contributed by atoms with van der Waals surface area (Å²) < 4.78 is 23.6. The van der Waals surface area contributed by atoms with Crippen LogP contribution in [-0.2, 0) is 4.74 Å². The third-order valence-corrected chi connectivity index (χ3v) is 6.98. The van der Waals surface area contributed by atoms with E-state index < -0.39 is 5.82 Å². The van der Waals surface area contributed by atoms with Crippen LogP contribution in [0.5, 0.6) is 0 Å². The molecule has 1 aliphatic rings. The van der Waals surface area contributed by atoms with Crippen molar-refractivity contribution in [2.45, 2.75) is 25.5 Å². The van der Waals surface area contributed by atoms with Crippen LogP contribution >= 0.6 is 27.3 Å². The molecule has 2 aromatic carbocycles. The highest BCUT2D eigenvalue weighted by molar-refractivity contribution is 9.10. The van der Waals surface area contributed by atoms with Gasteiger partial charge in [-0.3, -0.25) is 4.79 Å². The lowest BCUT2D eigenvalue weighted by molar-refractivity contribution is -0.0391. The van der Waals surface area contributed by atoms with Gasteiger partial charge in [0.25, 0.3) is 0 Å². The molecule has 1 atom stereocenters. The van der Waals surface area contributed by atoms with Crippen molar-refractivity contribution >= 4 is 66.2 Å². The molecule has 1 aliphatic heterocycles. The van der Waals surface area contributed by atoms with E-state index in [1.807, 2.05) is 14.1 Å². The Labute approximate surface area is 202 Å². The number of benzene rings is 2. The molecule has 2 aromatic heterocycles. The Morgan fingerprint density at radius 3 is 2.94 bits per heavy atom. The average molecular weight is 530 g/mol. The van der Waals surface area contributed by atoms with Gasteiger partial charge in [0, 0.05) is 42.3 Å². The largest absolute Gasteiger partial charge is 0.369 e. The topological polar surface area (TPSA) is 72.6 Å². The summed E-state index contributed by atoms with van der Waals surface area (Å²) in [5.74, 6) is -0.730. The predicted octanol–water partition coefficient (Wildman–Crippen LogP) is 5.70. The van der Waals surface area contributed by atoms with Crippen LogP contribution in [0.4, 0.5) is 10.1 Å². The highest BCUT2D eigenvalue weighted by Gasteiger charge is 2.25. The van der Waals surface area contributed by atoms with Crippen molar-refractivity contribution in [1.29, 1.82) is 0 Å². The molecule has 0 spiro atoms. The molecule has 10 heteroatoms. The fourth-order valence-electron chi connectivity index (χ4n) is 3.96. The standard InChI is InChI=1S/C23H21BrFN5O2S/c1-29(2)11-26-20-14(9-16(24)21-23(20)33-12-27-21)22(31)13-6-7-17(25)19-15(13)10-30(28-19)18-5-3-4-8-32-18/h6-7,9-12,18H,3-5,8H2,1-2H3. The maximum atomic E-state index is 14.7. The lowest BCUT2D eigenvalue weighted by atomic mass is 9.98. The van der Waals surface area contributed by atoms with Crippen molar-refractivity contribution in [2.75, 3.05) is 20.7 Å². The minimum absolute atomic E-state index is 0.159. The number of halogens is 2. The fraction of sp³-hybridized carbons (Fsp3) is 0.304. The smallest absolute Gasteiger partial charge is 0.196 e. The van der Waals surface area contributed by atoms with Crippen LogP contribution in [0.25, 0.3) is 21.1 Å². The molecule has 0 bridgehead atoms. The molecule has 170 valence electrons. The Kier molecular flexibility index (Phi) is 5.98. The minimum Gasteiger partial charge on any atom is -0.369 e. The van der Waals surface area contributed by atoms with Gasteiger partial charge in [-0.15, -0.1) is 11.3 Å². The third kappa shape index (κ3) is 4.07. The number of ketones is 1. The summed E-state index contributed by atoms with van der Waals surface area (Å²) in [6.07, 6.45) is 5.93. The van der Waals surface area contributed by atoms with E-state index in [9.17, 15) is 9.18 Å². The minimum atomic E-state index is -0.471. The van der Waals surface area contributed by atoms with Crippen LogP contribution in [-0.4, -0.2) is 52.5 Å². The van der Waals surface area contributed by atoms with Crippen molar-refractivity contribution in [3.63, 3.8) is 0 Å². The first-order chi connectivity index (χ1) is 15.9. The van der Waals surface area contributed by atoms with Crippen molar-refractivity contribution in [3.8, 4) is 0 Å². The van der Waals surface area contributed by atoms with Gasteiger partial charge in [0.2, 0.25) is 0 Å². The van der Waals surface area contributed by atoms with Gasteiger partial charge >= 0.3 is 0 Å². The van der Waals surface area contributed by atoms with E-state index in [0.29, 0.717) is 33.3 Å². The van der Waals surface area contributed by atoms with E-state index in [1.165, 1.54) is 23.5 Å². The van der Waals surface area contributed by atoms with E-state index in [2.05, 4.69) is 31.0 Å². The van der Waals surface area contributed by atoms with E-state index in [-0.39, 0.29) is 17.5 Å².